The maximum atomic E-state index is 13.1. The molecule has 0 aliphatic heterocycles. The predicted molar refractivity (Wildman–Crippen MR) is 81.5 cm³/mol. The molecule has 0 atom stereocenters. The van der Waals surface area contributed by atoms with Crippen LogP contribution in [-0.4, -0.2) is 15.0 Å². The number of anilines is 2. The van der Waals surface area contributed by atoms with Gasteiger partial charge in [-0.3, -0.25) is 0 Å². The third-order valence-corrected chi connectivity index (χ3v) is 2.94. The van der Waals surface area contributed by atoms with E-state index in [0.717, 1.165) is 11.1 Å². The maximum absolute atomic E-state index is 13.1. The van der Waals surface area contributed by atoms with Gasteiger partial charge in [0, 0.05) is 6.20 Å². The number of benzene rings is 1. The molecule has 0 saturated heterocycles. The molecule has 0 saturated carbocycles. The van der Waals surface area contributed by atoms with Gasteiger partial charge >= 0.3 is 0 Å². The Bertz CT molecular complexity index is 845. The van der Waals surface area contributed by atoms with Gasteiger partial charge in [0.15, 0.2) is 5.65 Å². The normalized spacial score (nSPS) is 11.3. The van der Waals surface area contributed by atoms with Crippen molar-refractivity contribution in [1.29, 1.82) is 0 Å². The van der Waals surface area contributed by atoms with Gasteiger partial charge in [-0.05, 0) is 29.3 Å². The first kappa shape index (κ1) is 13.0. The van der Waals surface area contributed by atoms with E-state index in [1.54, 1.807) is 18.3 Å². The molecule has 0 unspecified atom stereocenters. The first-order valence-electron chi connectivity index (χ1n) is 6.24. The van der Waals surface area contributed by atoms with Crippen LogP contribution in [0.2, 0.25) is 0 Å². The molecule has 4 N–H and O–H groups in total. The van der Waals surface area contributed by atoms with E-state index in [9.17, 15) is 4.39 Å². The summed E-state index contributed by atoms with van der Waals surface area (Å²) < 4.78 is 13.1. The second kappa shape index (κ2) is 5.16. The molecule has 0 spiro atoms. The van der Waals surface area contributed by atoms with E-state index < -0.39 is 0 Å². The molecular weight excluding hydrogens is 269 g/mol. The minimum absolute atomic E-state index is 0.0931. The minimum Gasteiger partial charge on any atom is -0.383 e. The number of hydrogen-bond donors (Lipinski definition) is 2. The van der Waals surface area contributed by atoms with E-state index in [1.807, 2.05) is 18.2 Å². The number of nitrogens with two attached hydrogens (primary N) is 2. The number of fused-ring (bicyclic) bond motifs is 1. The molecule has 0 fully saturated rings. The van der Waals surface area contributed by atoms with Crippen LogP contribution in [0.3, 0.4) is 0 Å². The van der Waals surface area contributed by atoms with Crippen molar-refractivity contribution in [3.8, 4) is 0 Å². The molecule has 3 aromatic rings. The summed E-state index contributed by atoms with van der Waals surface area (Å²) in [5.74, 6) is 0.100. The molecule has 2 aromatic heterocycles. The van der Waals surface area contributed by atoms with Crippen molar-refractivity contribution < 1.29 is 4.39 Å². The Morgan fingerprint density at radius 1 is 1.00 bits per heavy atom. The summed E-state index contributed by atoms with van der Waals surface area (Å²) in [6.45, 7) is 0. The fraction of sp³-hybridized carbons (Fsp3) is 0. The molecule has 6 heteroatoms. The molecule has 1 aromatic carbocycles. The molecule has 104 valence electrons. The van der Waals surface area contributed by atoms with Crippen LogP contribution in [0, 0.1) is 5.82 Å². The number of hydrogen-bond acceptors (Lipinski definition) is 5. The number of nitrogens with zero attached hydrogens (tertiary/aromatic N) is 3. The van der Waals surface area contributed by atoms with Gasteiger partial charge in [-0.1, -0.05) is 24.3 Å². The first-order chi connectivity index (χ1) is 10.1. The zero-order valence-corrected chi connectivity index (χ0v) is 11.0. The molecule has 0 amide bonds. The lowest BCUT2D eigenvalue weighted by atomic mass is 10.1. The van der Waals surface area contributed by atoms with E-state index >= 15 is 0 Å². The number of nitrogen functional groups attached to an aromatic ring is 2. The molecule has 0 aliphatic carbocycles. The Hall–Kier alpha value is -3.02. The summed E-state index contributed by atoms with van der Waals surface area (Å²) in [4.78, 5) is 12.1. The van der Waals surface area contributed by atoms with Crippen molar-refractivity contribution in [2.45, 2.75) is 0 Å². The highest BCUT2D eigenvalue weighted by atomic mass is 19.1. The molecular formula is C15H12FN5. The molecule has 0 radical (unpaired) electrons. The highest BCUT2D eigenvalue weighted by molar-refractivity contribution is 5.88. The second-order valence-electron chi connectivity index (χ2n) is 4.50. The van der Waals surface area contributed by atoms with Crippen molar-refractivity contribution in [3.05, 3.63) is 53.5 Å². The monoisotopic (exact) mass is 281 g/mol. The summed E-state index contributed by atoms with van der Waals surface area (Å²) in [5, 5.41) is 0.630. The van der Waals surface area contributed by atoms with Crippen molar-refractivity contribution in [2.24, 2.45) is 0 Å². The average Bonchev–Trinajstić information content (AvgIpc) is 2.45. The van der Waals surface area contributed by atoms with Crippen LogP contribution in [0.15, 0.2) is 36.5 Å². The van der Waals surface area contributed by atoms with Gasteiger partial charge in [-0.15, -0.1) is 0 Å². The maximum Gasteiger partial charge on any atom is 0.224 e. The molecule has 5 nitrogen and oxygen atoms in total. The van der Waals surface area contributed by atoms with Gasteiger partial charge in [0.05, 0.1) is 5.39 Å². The quantitative estimate of drug-likeness (QED) is 0.753. The van der Waals surface area contributed by atoms with E-state index in [1.165, 1.54) is 12.1 Å². The highest BCUT2D eigenvalue weighted by Gasteiger charge is 2.04. The van der Waals surface area contributed by atoms with E-state index in [-0.39, 0.29) is 17.6 Å². The number of rotatable bonds is 2. The Morgan fingerprint density at radius 3 is 2.62 bits per heavy atom. The van der Waals surface area contributed by atoms with Crippen LogP contribution in [0.4, 0.5) is 16.2 Å². The second-order valence-corrected chi connectivity index (χ2v) is 4.50. The lowest BCUT2D eigenvalue weighted by Gasteiger charge is -2.02. The highest BCUT2D eigenvalue weighted by Crippen LogP contribution is 2.19. The Labute approximate surface area is 120 Å². The number of pyridine rings is 1. The van der Waals surface area contributed by atoms with Crippen LogP contribution in [-0.2, 0) is 0 Å². The molecule has 0 bridgehead atoms. The molecule has 0 aliphatic rings. The van der Waals surface area contributed by atoms with Crippen LogP contribution in [0.25, 0.3) is 23.2 Å². The van der Waals surface area contributed by atoms with Gasteiger partial charge in [0.1, 0.15) is 11.6 Å². The largest absolute Gasteiger partial charge is 0.383 e. The van der Waals surface area contributed by atoms with Gasteiger partial charge in [-0.2, -0.15) is 9.97 Å². The van der Waals surface area contributed by atoms with Crippen LogP contribution >= 0.6 is 0 Å². The fourth-order valence-corrected chi connectivity index (χ4v) is 1.96. The lowest BCUT2D eigenvalue weighted by Crippen LogP contribution is -2.01. The van der Waals surface area contributed by atoms with Crippen molar-refractivity contribution in [1.82, 2.24) is 15.0 Å². The van der Waals surface area contributed by atoms with Gasteiger partial charge < -0.3 is 11.5 Å². The summed E-state index contributed by atoms with van der Waals surface area (Å²) >= 11 is 0. The van der Waals surface area contributed by atoms with Crippen LogP contribution in [0.5, 0.6) is 0 Å². The van der Waals surface area contributed by atoms with Gasteiger partial charge in [0.2, 0.25) is 5.95 Å². The van der Waals surface area contributed by atoms with Crippen molar-refractivity contribution >= 4 is 35.0 Å². The third kappa shape index (κ3) is 2.79. The van der Waals surface area contributed by atoms with E-state index in [2.05, 4.69) is 15.0 Å². The predicted octanol–water partition coefficient (Wildman–Crippen LogP) is 2.50. The van der Waals surface area contributed by atoms with Crippen molar-refractivity contribution in [3.63, 3.8) is 0 Å². The Balaban J connectivity index is 1.98. The standard InChI is InChI=1S/C15H12FN5/c16-11-3-1-2-9(6-11)4-5-10-7-12-13(17)20-15(18)21-14(12)19-8-10/h1-8H,(H4,17,18,19,20,21). The number of aromatic nitrogens is 3. The smallest absolute Gasteiger partial charge is 0.224 e. The SMILES string of the molecule is Nc1nc(N)c2cc(C=Cc3cccc(F)c3)cnc2n1. The van der Waals surface area contributed by atoms with Crippen LogP contribution in [0.1, 0.15) is 11.1 Å². The molecule has 2 heterocycles. The summed E-state index contributed by atoms with van der Waals surface area (Å²) in [6, 6.07) is 8.13. The first-order valence-corrected chi connectivity index (χ1v) is 6.24. The average molecular weight is 281 g/mol. The fourth-order valence-electron chi connectivity index (χ4n) is 1.96. The van der Waals surface area contributed by atoms with Crippen molar-refractivity contribution in [2.75, 3.05) is 11.5 Å². The van der Waals surface area contributed by atoms with Gasteiger partial charge in [-0.25, -0.2) is 9.37 Å². The van der Waals surface area contributed by atoms with E-state index in [0.29, 0.717) is 11.0 Å². The van der Waals surface area contributed by atoms with E-state index in [4.69, 9.17) is 11.5 Å². The summed E-state index contributed by atoms with van der Waals surface area (Å²) in [6.07, 6.45) is 5.25. The third-order valence-electron chi connectivity index (χ3n) is 2.94. The zero-order chi connectivity index (χ0) is 14.8. The lowest BCUT2D eigenvalue weighted by molar-refractivity contribution is 0.627. The zero-order valence-electron chi connectivity index (χ0n) is 11.0. The Morgan fingerprint density at radius 2 is 1.81 bits per heavy atom. The summed E-state index contributed by atoms with van der Waals surface area (Å²) in [7, 11) is 0. The van der Waals surface area contributed by atoms with Crippen LogP contribution < -0.4 is 11.5 Å². The number of halogens is 1. The minimum atomic E-state index is -0.276. The van der Waals surface area contributed by atoms with Gasteiger partial charge in [0.25, 0.3) is 0 Å². The topological polar surface area (TPSA) is 90.7 Å². The Kier molecular flexibility index (Phi) is 3.19. The molecule has 3 rings (SSSR count). The molecule has 21 heavy (non-hydrogen) atoms. The summed E-state index contributed by atoms with van der Waals surface area (Å²) in [5.41, 5.74) is 13.3.